The van der Waals surface area contributed by atoms with E-state index < -0.39 is 0 Å². The second-order valence-electron chi connectivity index (χ2n) is 3.84. The lowest BCUT2D eigenvalue weighted by Crippen LogP contribution is -1.90. The molecule has 3 rings (SSSR count). The fraction of sp³-hybridized carbons (Fsp3) is 0.0714. The van der Waals surface area contributed by atoms with Crippen molar-refractivity contribution in [2.75, 3.05) is 0 Å². The van der Waals surface area contributed by atoms with Gasteiger partial charge in [0, 0.05) is 18.1 Å². The van der Waals surface area contributed by atoms with Crippen LogP contribution in [-0.2, 0) is 0 Å². The number of rotatable bonds is 2. The minimum atomic E-state index is 1.05. The molecule has 0 aliphatic heterocycles. The fourth-order valence-electron chi connectivity index (χ4n) is 1.92. The molecule has 1 aliphatic rings. The van der Waals surface area contributed by atoms with Crippen molar-refractivity contribution in [3.8, 4) is 5.69 Å². The molecular formula is C14H12N2. The van der Waals surface area contributed by atoms with E-state index in [1.165, 1.54) is 11.1 Å². The van der Waals surface area contributed by atoms with Crippen LogP contribution in [0.1, 0.15) is 12.0 Å². The van der Waals surface area contributed by atoms with Crippen LogP contribution in [0, 0.1) is 0 Å². The highest BCUT2D eigenvalue weighted by Gasteiger charge is 2.03. The van der Waals surface area contributed by atoms with E-state index in [-0.39, 0.29) is 0 Å². The number of imidazole rings is 1. The van der Waals surface area contributed by atoms with Gasteiger partial charge in [0.25, 0.3) is 0 Å². The summed E-state index contributed by atoms with van der Waals surface area (Å²) in [5.41, 5.74) is 3.83. The van der Waals surface area contributed by atoms with Crippen molar-refractivity contribution >= 4 is 5.57 Å². The monoisotopic (exact) mass is 208 g/mol. The number of nitrogens with zero attached hydrogens (tertiary/aromatic N) is 2. The van der Waals surface area contributed by atoms with Gasteiger partial charge in [-0.3, -0.25) is 0 Å². The van der Waals surface area contributed by atoms with E-state index in [1.807, 2.05) is 17.1 Å². The summed E-state index contributed by atoms with van der Waals surface area (Å²) < 4.78 is 2.01. The lowest BCUT2D eigenvalue weighted by molar-refractivity contribution is 1.06. The van der Waals surface area contributed by atoms with Crippen LogP contribution in [0.15, 0.2) is 61.2 Å². The molecular weight excluding hydrogens is 196 g/mol. The van der Waals surface area contributed by atoms with Crippen LogP contribution < -0.4 is 0 Å². The maximum absolute atomic E-state index is 4.04. The predicted octanol–water partition coefficient (Wildman–Crippen LogP) is 3.22. The third kappa shape index (κ3) is 1.58. The van der Waals surface area contributed by atoms with E-state index >= 15 is 0 Å². The van der Waals surface area contributed by atoms with Crippen LogP contribution in [-0.4, -0.2) is 9.55 Å². The third-order valence-electron chi connectivity index (χ3n) is 2.81. The molecule has 16 heavy (non-hydrogen) atoms. The maximum atomic E-state index is 4.04. The maximum Gasteiger partial charge on any atom is 0.0991 e. The molecule has 2 nitrogen and oxygen atoms in total. The van der Waals surface area contributed by atoms with Gasteiger partial charge in [-0.25, -0.2) is 4.98 Å². The Kier molecular flexibility index (Phi) is 2.18. The SMILES string of the molecule is C1=CCC(c2ccc(-n3ccnc3)cc2)=C1. The summed E-state index contributed by atoms with van der Waals surface area (Å²) in [6, 6.07) is 8.56. The van der Waals surface area contributed by atoms with Crippen LogP contribution in [0.4, 0.5) is 0 Å². The van der Waals surface area contributed by atoms with Crippen LogP contribution >= 0.6 is 0 Å². The van der Waals surface area contributed by atoms with Crippen molar-refractivity contribution < 1.29 is 0 Å². The molecule has 0 bridgehead atoms. The van der Waals surface area contributed by atoms with E-state index in [9.17, 15) is 0 Å². The number of hydrogen-bond acceptors (Lipinski definition) is 1. The van der Waals surface area contributed by atoms with Gasteiger partial charge >= 0.3 is 0 Å². The predicted molar refractivity (Wildman–Crippen MR) is 65.3 cm³/mol. The zero-order valence-electron chi connectivity index (χ0n) is 8.88. The molecule has 0 atom stereocenters. The molecule has 0 fully saturated rings. The molecule has 0 amide bonds. The molecule has 0 saturated heterocycles. The molecule has 0 N–H and O–H groups in total. The Morgan fingerprint density at radius 3 is 2.62 bits per heavy atom. The largest absolute Gasteiger partial charge is 0.306 e. The van der Waals surface area contributed by atoms with Crippen LogP contribution in [0.5, 0.6) is 0 Å². The molecule has 78 valence electrons. The van der Waals surface area contributed by atoms with E-state index in [1.54, 1.807) is 6.20 Å². The molecule has 2 heteroatoms. The first-order valence-corrected chi connectivity index (χ1v) is 5.38. The van der Waals surface area contributed by atoms with Gasteiger partial charge in [-0.1, -0.05) is 30.4 Å². The molecule has 0 saturated carbocycles. The minimum Gasteiger partial charge on any atom is -0.306 e. The average molecular weight is 208 g/mol. The van der Waals surface area contributed by atoms with Gasteiger partial charge in [0.1, 0.15) is 0 Å². The summed E-state index contributed by atoms with van der Waals surface area (Å²) in [7, 11) is 0. The number of benzene rings is 1. The first kappa shape index (κ1) is 9.16. The van der Waals surface area contributed by atoms with E-state index in [2.05, 4.69) is 47.5 Å². The Labute approximate surface area is 94.6 Å². The van der Waals surface area contributed by atoms with Gasteiger partial charge in [0.2, 0.25) is 0 Å². The van der Waals surface area contributed by atoms with Crippen LogP contribution in [0.25, 0.3) is 11.3 Å². The normalized spacial score (nSPS) is 14.1. The summed E-state index contributed by atoms with van der Waals surface area (Å²) >= 11 is 0. The van der Waals surface area contributed by atoms with Crippen molar-refractivity contribution in [2.45, 2.75) is 6.42 Å². The molecule has 1 aromatic carbocycles. The lowest BCUT2D eigenvalue weighted by Gasteiger charge is -2.05. The highest BCUT2D eigenvalue weighted by molar-refractivity contribution is 5.71. The number of allylic oxidation sites excluding steroid dienone is 4. The van der Waals surface area contributed by atoms with Gasteiger partial charge in [-0.05, 0) is 29.7 Å². The van der Waals surface area contributed by atoms with Crippen LogP contribution in [0.3, 0.4) is 0 Å². The molecule has 2 aromatic rings. The number of hydrogen-bond donors (Lipinski definition) is 0. The second kappa shape index (κ2) is 3.81. The summed E-state index contributed by atoms with van der Waals surface area (Å²) in [5, 5.41) is 0. The quantitative estimate of drug-likeness (QED) is 0.741. The zero-order valence-corrected chi connectivity index (χ0v) is 8.88. The molecule has 1 aromatic heterocycles. The second-order valence-corrected chi connectivity index (χ2v) is 3.84. The average Bonchev–Trinajstić information content (AvgIpc) is 3.03. The minimum absolute atomic E-state index is 1.05. The summed E-state index contributed by atoms with van der Waals surface area (Å²) in [6.07, 6.45) is 13.1. The van der Waals surface area contributed by atoms with Crippen LogP contribution in [0.2, 0.25) is 0 Å². The number of aromatic nitrogens is 2. The third-order valence-corrected chi connectivity index (χ3v) is 2.81. The Balaban J connectivity index is 1.91. The summed E-state index contributed by atoms with van der Waals surface area (Å²) in [6.45, 7) is 0. The van der Waals surface area contributed by atoms with Crippen molar-refractivity contribution in [3.63, 3.8) is 0 Å². The highest BCUT2D eigenvalue weighted by Crippen LogP contribution is 2.23. The zero-order chi connectivity index (χ0) is 10.8. The Morgan fingerprint density at radius 2 is 2.00 bits per heavy atom. The van der Waals surface area contributed by atoms with Gasteiger partial charge in [0.15, 0.2) is 0 Å². The molecule has 0 spiro atoms. The summed E-state index contributed by atoms with van der Waals surface area (Å²) in [4.78, 5) is 4.04. The standard InChI is InChI=1S/C14H12N2/c1-2-4-12(3-1)13-5-7-14(8-6-13)16-10-9-15-11-16/h1-3,5-11H,4H2. The van der Waals surface area contributed by atoms with Gasteiger partial charge in [-0.2, -0.15) is 0 Å². The first-order valence-electron chi connectivity index (χ1n) is 5.38. The summed E-state index contributed by atoms with van der Waals surface area (Å²) in [5.74, 6) is 0. The molecule has 0 unspecified atom stereocenters. The Hall–Kier alpha value is -2.09. The molecule has 1 aliphatic carbocycles. The first-order chi connectivity index (χ1) is 7.93. The molecule has 1 heterocycles. The van der Waals surface area contributed by atoms with Crippen molar-refractivity contribution in [2.24, 2.45) is 0 Å². The Morgan fingerprint density at radius 1 is 1.12 bits per heavy atom. The molecule has 0 radical (unpaired) electrons. The van der Waals surface area contributed by atoms with E-state index in [4.69, 9.17) is 0 Å². The van der Waals surface area contributed by atoms with E-state index in [0.29, 0.717) is 0 Å². The van der Waals surface area contributed by atoms with Gasteiger partial charge in [-0.15, -0.1) is 0 Å². The van der Waals surface area contributed by atoms with Gasteiger partial charge < -0.3 is 4.57 Å². The smallest absolute Gasteiger partial charge is 0.0991 e. The fourth-order valence-corrected chi connectivity index (χ4v) is 1.92. The Bertz CT molecular complexity index is 531. The van der Waals surface area contributed by atoms with Crippen molar-refractivity contribution in [3.05, 3.63) is 66.8 Å². The topological polar surface area (TPSA) is 17.8 Å². The lowest BCUT2D eigenvalue weighted by atomic mass is 10.1. The van der Waals surface area contributed by atoms with Gasteiger partial charge in [0.05, 0.1) is 6.33 Å². The van der Waals surface area contributed by atoms with Crippen molar-refractivity contribution in [1.29, 1.82) is 0 Å². The van der Waals surface area contributed by atoms with Crippen molar-refractivity contribution in [1.82, 2.24) is 9.55 Å². The highest BCUT2D eigenvalue weighted by atomic mass is 15.0. The van der Waals surface area contributed by atoms with E-state index in [0.717, 1.165) is 12.1 Å².